The summed E-state index contributed by atoms with van der Waals surface area (Å²) in [4.78, 5) is 31.1. The standard InChI is InChI=1S/C20H18N4O2S/c1-13-11-14-7-5-6-10-17(14)24(13)18(25)16-12-27-20(22-16)23-19(26)21-15-8-3-2-4-9-15/h2-10,12-13H,11H2,1H3,(H2,21,22,23,26)/t13-/m0/s1. The summed E-state index contributed by atoms with van der Waals surface area (Å²) in [6.07, 6.45) is 0.830. The van der Waals surface area contributed by atoms with E-state index in [-0.39, 0.29) is 11.9 Å². The molecular formula is C20H18N4O2S. The van der Waals surface area contributed by atoms with Crippen LogP contribution >= 0.6 is 11.3 Å². The maximum Gasteiger partial charge on any atom is 0.325 e. The molecular weight excluding hydrogens is 360 g/mol. The summed E-state index contributed by atoms with van der Waals surface area (Å²) in [5.41, 5.74) is 3.11. The van der Waals surface area contributed by atoms with Crippen molar-refractivity contribution < 1.29 is 9.59 Å². The number of urea groups is 1. The molecule has 0 fully saturated rings. The lowest BCUT2D eigenvalue weighted by Gasteiger charge is -2.21. The van der Waals surface area contributed by atoms with Crippen molar-refractivity contribution in [2.24, 2.45) is 0 Å². The lowest BCUT2D eigenvalue weighted by molar-refractivity contribution is 0.0977. The van der Waals surface area contributed by atoms with Gasteiger partial charge < -0.3 is 10.2 Å². The predicted molar refractivity (Wildman–Crippen MR) is 108 cm³/mol. The summed E-state index contributed by atoms with van der Waals surface area (Å²) in [6.45, 7) is 2.02. The Hall–Kier alpha value is -3.19. The molecule has 3 amide bonds. The van der Waals surface area contributed by atoms with E-state index in [1.807, 2.05) is 49.4 Å². The second-order valence-electron chi connectivity index (χ2n) is 6.34. The lowest BCUT2D eigenvalue weighted by Crippen LogP contribution is -2.35. The highest BCUT2D eigenvalue weighted by molar-refractivity contribution is 7.14. The van der Waals surface area contributed by atoms with Crippen LogP contribution in [0.1, 0.15) is 23.0 Å². The zero-order chi connectivity index (χ0) is 18.8. The molecule has 3 aromatic rings. The molecule has 0 spiro atoms. The molecule has 1 aromatic heterocycles. The number of aromatic nitrogens is 1. The molecule has 0 aliphatic carbocycles. The number of amides is 3. The van der Waals surface area contributed by atoms with Crippen LogP contribution in [0.4, 0.5) is 21.3 Å². The first-order valence-corrected chi connectivity index (χ1v) is 9.50. The normalized spacial score (nSPS) is 15.3. The zero-order valence-corrected chi connectivity index (χ0v) is 15.5. The number of rotatable bonds is 3. The SMILES string of the molecule is C[C@H]1Cc2ccccc2N1C(=O)c1csc(NC(=O)Nc2ccccc2)n1. The van der Waals surface area contributed by atoms with Crippen molar-refractivity contribution in [3.8, 4) is 0 Å². The first kappa shape index (κ1) is 17.2. The largest absolute Gasteiger partial charge is 0.325 e. The Morgan fingerprint density at radius 2 is 1.81 bits per heavy atom. The van der Waals surface area contributed by atoms with Gasteiger partial charge in [0.05, 0.1) is 0 Å². The fourth-order valence-electron chi connectivity index (χ4n) is 3.21. The van der Waals surface area contributed by atoms with Gasteiger partial charge in [-0.2, -0.15) is 0 Å². The molecule has 2 heterocycles. The Labute approximate surface area is 160 Å². The van der Waals surface area contributed by atoms with Crippen LogP contribution < -0.4 is 15.5 Å². The molecule has 2 N–H and O–H groups in total. The van der Waals surface area contributed by atoms with Crippen molar-refractivity contribution in [3.63, 3.8) is 0 Å². The van der Waals surface area contributed by atoms with Crippen LogP contribution in [0.25, 0.3) is 0 Å². The highest BCUT2D eigenvalue weighted by Crippen LogP contribution is 2.33. The number of hydrogen-bond acceptors (Lipinski definition) is 4. The van der Waals surface area contributed by atoms with Crippen molar-refractivity contribution in [3.05, 3.63) is 71.2 Å². The molecule has 0 saturated heterocycles. The van der Waals surface area contributed by atoms with E-state index < -0.39 is 6.03 Å². The molecule has 0 unspecified atom stereocenters. The molecule has 136 valence electrons. The first-order chi connectivity index (χ1) is 13.1. The van der Waals surface area contributed by atoms with Crippen LogP contribution in [0, 0.1) is 0 Å². The third kappa shape index (κ3) is 3.54. The average Bonchev–Trinajstić information content (AvgIpc) is 3.25. The van der Waals surface area contributed by atoms with Crippen molar-refractivity contribution in [2.75, 3.05) is 15.5 Å². The summed E-state index contributed by atoms with van der Waals surface area (Å²) >= 11 is 1.23. The van der Waals surface area contributed by atoms with Gasteiger partial charge in [0.1, 0.15) is 5.69 Å². The van der Waals surface area contributed by atoms with Gasteiger partial charge in [0.2, 0.25) is 0 Å². The molecule has 0 bridgehead atoms. The zero-order valence-electron chi connectivity index (χ0n) is 14.7. The lowest BCUT2D eigenvalue weighted by atomic mass is 10.1. The predicted octanol–water partition coefficient (Wildman–Crippen LogP) is 4.38. The Kier molecular flexibility index (Phi) is 4.60. The smallest absolute Gasteiger partial charge is 0.308 e. The highest BCUT2D eigenvalue weighted by Gasteiger charge is 2.32. The molecule has 1 aliphatic heterocycles. The quantitative estimate of drug-likeness (QED) is 0.710. The van der Waals surface area contributed by atoms with E-state index in [1.165, 1.54) is 11.3 Å². The minimum Gasteiger partial charge on any atom is -0.308 e. The molecule has 7 heteroatoms. The maximum atomic E-state index is 13.0. The van der Waals surface area contributed by atoms with Gasteiger partial charge in [0.15, 0.2) is 5.13 Å². The molecule has 6 nitrogen and oxygen atoms in total. The topological polar surface area (TPSA) is 74.3 Å². The Bertz CT molecular complexity index is 986. The second-order valence-corrected chi connectivity index (χ2v) is 7.20. The minimum absolute atomic E-state index is 0.0781. The number of para-hydroxylation sites is 2. The number of fused-ring (bicyclic) bond motifs is 1. The fourth-order valence-corrected chi connectivity index (χ4v) is 3.89. The summed E-state index contributed by atoms with van der Waals surface area (Å²) in [6, 6.07) is 16.7. The average molecular weight is 378 g/mol. The van der Waals surface area contributed by atoms with E-state index >= 15 is 0 Å². The van der Waals surface area contributed by atoms with Crippen LogP contribution in [0.5, 0.6) is 0 Å². The number of hydrogen-bond donors (Lipinski definition) is 2. The van der Waals surface area contributed by atoms with E-state index in [2.05, 4.69) is 15.6 Å². The Balaban J connectivity index is 1.46. The summed E-state index contributed by atoms with van der Waals surface area (Å²) in [7, 11) is 0. The molecule has 0 radical (unpaired) electrons. The molecule has 0 saturated carbocycles. The Morgan fingerprint density at radius 1 is 1.07 bits per heavy atom. The van der Waals surface area contributed by atoms with Gasteiger partial charge in [0, 0.05) is 22.8 Å². The second kappa shape index (κ2) is 7.20. The highest BCUT2D eigenvalue weighted by atomic mass is 32.1. The van der Waals surface area contributed by atoms with Crippen molar-refractivity contribution in [1.29, 1.82) is 0 Å². The Morgan fingerprint density at radius 3 is 2.63 bits per heavy atom. The van der Waals surface area contributed by atoms with Gasteiger partial charge in [-0.3, -0.25) is 10.1 Å². The van der Waals surface area contributed by atoms with E-state index in [1.54, 1.807) is 22.4 Å². The number of carbonyl (C=O) groups is 2. The first-order valence-electron chi connectivity index (χ1n) is 8.62. The maximum absolute atomic E-state index is 13.0. The fraction of sp³-hybridized carbons (Fsp3) is 0.150. The molecule has 2 aromatic carbocycles. The van der Waals surface area contributed by atoms with Crippen LogP contribution in [-0.4, -0.2) is 23.0 Å². The molecule has 27 heavy (non-hydrogen) atoms. The van der Waals surface area contributed by atoms with Gasteiger partial charge in [-0.15, -0.1) is 11.3 Å². The number of nitrogens with one attached hydrogen (secondary N) is 2. The van der Waals surface area contributed by atoms with Gasteiger partial charge >= 0.3 is 6.03 Å². The van der Waals surface area contributed by atoms with Crippen LogP contribution in [0.15, 0.2) is 60.0 Å². The van der Waals surface area contributed by atoms with Crippen LogP contribution in [-0.2, 0) is 6.42 Å². The van der Waals surface area contributed by atoms with Crippen molar-refractivity contribution in [1.82, 2.24) is 4.98 Å². The van der Waals surface area contributed by atoms with E-state index in [0.717, 1.165) is 17.7 Å². The third-order valence-electron chi connectivity index (χ3n) is 4.40. The number of nitrogens with zero attached hydrogens (tertiary/aromatic N) is 2. The van der Waals surface area contributed by atoms with Gasteiger partial charge in [-0.25, -0.2) is 9.78 Å². The van der Waals surface area contributed by atoms with E-state index in [9.17, 15) is 9.59 Å². The number of carbonyl (C=O) groups excluding carboxylic acids is 2. The number of thiazole rings is 1. The van der Waals surface area contributed by atoms with E-state index in [0.29, 0.717) is 16.5 Å². The van der Waals surface area contributed by atoms with Crippen LogP contribution in [0.2, 0.25) is 0 Å². The third-order valence-corrected chi connectivity index (χ3v) is 5.16. The number of benzene rings is 2. The van der Waals surface area contributed by atoms with Crippen LogP contribution in [0.3, 0.4) is 0 Å². The van der Waals surface area contributed by atoms with Crippen molar-refractivity contribution >= 4 is 39.8 Å². The summed E-state index contributed by atoms with van der Waals surface area (Å²) < 4.78 is 0. The molecule has 4 rings (SSSR count). The minimum atomic E-state index is -0.394. The van der Waals surface area contributed by atoms with Crippen molar-refractivity contribution in [2.45, 2.75) is 19.4 Å². The van der Waals surface area contributed by atoms with Gasteiger partial charge in [-0.1, -0.05) is 36.4 Å². The molecule has 1 aliphatic rings. The van der Waals surface area contributed by atoms with Gasteiger partial charge in [-0.05, 0) is 37.1 Å². The van der Waals surface area contributed by atoms with E-state index in [4.69, 9.17) is 0 Å². The molecule has 1 atom stereocenters. The summed E-state index contributed by atoms with van der Waals surface area (Å²) in [5.74, 6) is -0.153. The summed E-state index contributed by atoms with van der Waals surface area (Å²) in [5, 5.41) is 7.45. The monoisotopic (exact) mass is 378 g/mol. The van der Waals surface area contributed by atoms with Gasteiger partial charge in [0.25, 0.3) is 5.91 Å². The number of anilines is 3.